The van der Waals surface area contributed by atoms with Gasteiger partial charge in [-0.25, -0.2) is 0 Å². The lowest BCUT2D eigenvalue weighted by Gasteiger charge is -1.97. The van der Waals surface area contributed by atoms with E-state index in [1.165, 1.54) is 0 Å². The number of fused-ring (bicyclic) bond motifs is 1. The predicted octanol–water partition coefficient (Wildman–Crippen LogP) is 4.34. The molecule has 0 amide bonds. The quantitative estimate of drug-likeness (QED) is 0.638. The van der Waals surface area contributed by atoms with Gasteiger partial charge in [0.1, 0.15) is 11.5 Å². The molecule has 18 heavy (non-hydrogen) atoms. The largest absolute Gasteiger partial charge is 0.466 e. The molecule has 3 aromatic rings. The van der Waals surface area contributed by atoms with E-state index in [0.717, 1.165) is 21.4 Å². The molecule has 0 radical (unpaired) electrons. The lowest BCUT2D eigenvalue weighted by molar-refractivity contribution is 0.103. The van der Waals surface area contributed by atoms with Crippen molar-refractivity contribution >= 4 is 27.2 Å². The van der Waals surface area contributed by atoms with Crippen molar-refractivity contribution in [3.63, 3.8) is 0 Å². The summed E-state index contributed by atoms with van der Waals surface area (Å²) in [6, 6.07) is 9.77. The van der Waals surface area contributed by atoms with Crippen LogP contribution in [0.3, 0.4) is 0 Å². The average Bonchev–Trinajstić information content (AvgIpc) is 2.92. The van der Waals surface area contributed by atoms with Crippen molar-refractivity contribution in [3.05, 3.63) is 58.4 Å². The first-order chi connectivity index (χ1) is 8.66. The summed E-state index contributed by atoms with van der Waals surface area (Å²) in [5.74, 6) is 1.50. The highest BCUT2D eigenvalue weighted by Gasteiger charge is 2.18. The maximum absolute atomic E-state index is 12.5. The summed E-state index contributed by atoms with van der Waals surface area (Å²) in [4.78, 5) is 12.5. The van der Waals surface area contributed by atoms with Crippen LogP contribution in [0.5, 0.6) is 0 Å². The van der Waals surface area contributed by atoms with E-state index in [2.05, 4.69) is 0 Å². The van der Waals surface area contributed by atoms with Crippen LogP contribution in [0.1, 0.15) is 27.4 Å². The summed E-state index contributed by atoms with van der Waals surface area (Å²) in [5.41, 5.74) is 1.43. The molecule has 0 saturated heterocycles. The normalized spacial score (nSPS) is 11.0. The molecule has 0 N–H and O–H groups in total. The number of furan rings is 1. The fraction of sp³-hybridized carbons (Fsp3) is 0.133. The molecule has 2 nitrogen and oxygen atoms in total. The van der Waals surface area contributed by atoms with Crippen molar-refractivity contribution in [1.29, 1.82) is 0 Å². The Morgan fingerprint density at radius 3 is 2.67 bits per heavy atom. The average molecular weight is 256 g/mol. The lowest BCUT2D eigenvalue weighted by atomic mass is 10.0. The number of hydrogen-bond acceptors (Lipinski definition) is 3. The summed E-state index contributed by atoms with van der Waals surface area (Å²) in [7, 11) is 0. The van der Waals surface area contributed by atoms with Crippen molar-refractivity contribution in [1.82, 2.24) is 0 Å². The number of rotatable bonds is 2. The maximum atomic E-state index is 12.5. The van der Waals surface area contributed by atoms with Gasteiger partial charge in [-0.2, -0.15) is 0 Å². The molecule has 0 saturated carbocycles. The topological polar surface area (TPSA) is 30.2 Å². The highest BCUT2D eigenvalue weighted by molar-refractivity contribution is 7.17. The fourth-order valence-electron chi connectivity index (χ4n) is 2.15. The molecule has 2 heterocycles. The second kappa shape index (κ2) is 4.10. The molecule has 0 bridgehead atoms. The zero-order valence-corrected chi connectivity index (χ0v) is 11.0. The van der Waals surface area contributed by atoms with Crippen LogP contribution < -0.4 is 0 Å². The summed E-state index contributed by atoms with van der Waals surface area (Å²) < 4.78 is 6.57. The van der Waals surface area contributed by atoms with Gasteiger partial charge in [0.15, 0.2) is 5.78 Å². The van der Waals surface area contributed by atoms with Crippen LogP contribution in [0.15, 0.2) is 40.1 Å². The van der Waals surface area contributed by atoms with Crippen LogP contribution in [0.25, 0.3) is 10.1 Å². The Balaban J connectivity index is 2.15. The van der Waals surface area contributed by atoms with Crippen LogP contribution in [0, 0.1) is 13.8 Å². The van der Waals surface area contributed by atoms with E-state index in [0.29, 0.717) is 11.3 Å². The Labute approximate surface area is 109 Å². The molecule has 90 valence electrons. The molecular formula is C15H12O2S. The van der Waals surface area contributed by atoms with E-state index in [1.54, 1.807) is 11.3 Å². The number of benzene rings is 1. The van der Waals surface area contributed by atoms with Crippen LogP contribution >= 0.6 is 11.3 Å². The number of carbonyl (C=O) groups excluding carboxylic acids is 1. The van der Waals surface area contributed by atoms with Crippen LogP contribution in [-0.4, -0.2) is 5.78 Å². The van der Waals surface area contributed by atoms with Crippen molar-refractivity contribution in [2.75, 3.05) is 0 Å². The molecule has 0 atom stereocenters. The first-order valence-corrected chi connectivity index (χ1v) is 6.63. The van der Waals surface area contributed by atoms with Gasteiger partial charge >= 0.3 is 0 Å². The Kier molecular flexibility index (Phi) is 2.56. The van der Waals surface area contributed by atoms with Crippen molar-refractivity contribution in [2.24, 2.45) is 0 Å². The molecule has 2 aromatic heterocycles. The van der Waals surface area contributed by atoms with E-state index in [-0.39, 0.29) is 5.78 Å². The minimum atomic E-state index is 0.0433. The smallest absolute Gasteiger partial charge is 0.198 e. The fourth-order valence-corrected chi connectivity index (χ4v) is 3.10. The summed E-state index contributed by atoms with van der Waals surface area (Å²) >= 11 is 1.60. The van der Waals surface area contributed by atoms with E-state index in [1.807, 2.05) is 49.6 Å². The highest BCUT2D eigenvalue weighted by Crippen LogP contribution is 2.28. The first-order valence-electron chi connectivity index (χ1n) is 5.75. The third kappa shape index (κ3) is 1.68. The summed E-state index contributed by atoms with van der Waals surface area (Å²) in [6.07, 6.45) is 0. The third-order valence-electron chi connectivity index (χ3n) is 3.01. The van der Waals surface area contributed by atoms with Gasteiger partial charge in [-0.1, -0.05) is 18.2 Å². The zero-order chi connectivity index (χ0) is 12.7. The van der Waals surface area contributed by atoms with Crippen molar-refractivity contribution < 1.29 is 9.21 Å². The SMILES string of the molecule is Cc1cc(C(=O)c2csc3ccccc23)c(C)o1. The number of carbonyl (C=O) groups is 1. The van der Waals surface area contributed by atoms with Gasteiger partial charge in [0, 0.05) is 21.0 Å². The predicted molar refractivity (Wildman–Crippen MR) is 73.4 cm³/mol. The molecule has 0 aliphatic heterocycles. The van der Waals surface area contributed by atoms with Crippen molar-refractivity contribution in [3.8, 4) is 0 Å². The Hall–Kier alpha value is -1.87. The van der Waals surface area contributed by atoms with E-state index < -0.39 is 0 Å². The van der Waals surface area contributed by atoms with Crippen LogP contribution in [-0.2, 0) is 0 Å². The Bertz CT molecular complexity index is 734. The molecule has 3 rings (SSSR count). The van der Waals surface area contributed by atoms with Crippen LogP contribution in [0.2, 0.25) is 0 Å². The lowest BCUT2D eigenvalue weighted by Crippen LogP contribution is -2.00. The third-order valence-corrected chi connectivity index (χ3v) is 3.97. The van der Waals surface area contributed by atoms with Crippen LogP contribution in [0.4, 0.5) is 0 Å². The Morgan fingerprint density at radius 2 is 1.94 bits per heavy atom. The van der Waals surface area contributed by atoms with Crippen molar-refractivity contribution in [2.45, 2.75) is 13.8 Å². The molecule has 0 fully saturated rings. The minimum Gasteiger partial charge on any atom is -0.466 e. The monoisotopic (exact) mass is 256 g/mol. The highest BCUT2D eigenvalue weighted by atomic mass is 32.1. The molecule has 0 unspecified atom stereocenters. The van der Waals surface area contributed by atoms with Gasteiger partial charge in [-0.05, 0) is 26.0 Å². The molecule has 1 aromatic carbocycles. The number of hydrogen-bond donors (Lipinski definition) is 0. The molecule has 3 heteroatoms. The molecular weight excluding hydrogens is 244 g/mol. The van der Waals surface area contributed by atoms with Gasteiger partial charge in [-0.15, -0.1) is 11.3 Å². The number of ketones is 1. The minimum absolute atomic E-state index is 0.0433. The summed E-state index contributed by atoms with van der Waals surface area (Å²) in [6.45, 7) is 3.68. The second-order valence-corrected chi connectivity index (χ2v) is 5.21. The van der Waals surface area contributed by atoms with E-state index >= 15 is 0 Å². The van der Waals surface area contributed by atoms with E-state index in [4.69, 9.17) is 4.42 Å². The maximum Gasteiger partial charge on any atom is 0.198 e. The summed E-state index contributed by atoms with van der Waals surface area (Å²) in [5, 5.41) is 2.94. The second-order valence-electron chi connectivity index (χ2n) is 4.30. The number of thiophene rings is 1. The van der Waals surface area contributed by atoms with Gasteiger partial charge in [-0.3, -0.25) is 4.79 Å². The Morgan fingerprint density at radius 1 is 1.17 bits per heavy atom. The number of aryl methyl sites for hydroxylation is 2. The van der Waals surface area contributed by atoms with Gasteiger partial charge in [0.25, 0.3) is 0 Å². The van der Waals surface area contributed by atoms with Gasteiger partial charge < -0.3 is 4.42 Å². The van der Waals surface area contributed by atoms with E-state index in [9.17, 15) is 4.79 Å². The zero-order valence-electron chi connectivity index (χ0n) is 10.2. The molecule has 0 aliphatic rings. The molecule has 0 spiro atoms. The first kappa shape index (κ1) is 11.2. The van der Waals surface area contributed by atoms with Gasteiger partial charge in [0.05, 0.1) is 5.56 Å². The van der Waals surface area contributed by atoms with Gasteiger partial charge in [0.2, 0.25) is 0 Å². The molecule has 0 aliphatic carbocycles. The standard InChI is InChI=1S/C15H12O2S/c1-9-7-12(10(2)17-9)15(16)13-8-18-14-6-4-3-5-11(13)14/h3-8H,1-2H3.